The number of allylic oxidation sites excluding steroid dienone is 1. The molecule has 0 aliphatic rings. The van der Waals surface area contributed by atoms with Gasteiger partial charge in [0.1, 0.15) is 0 Å². The van der Waals surface area contributed by atoms with Crippen molar-refractivity contribution in [2.24, 2.45) is 0 Å². The molecule has 0 aliphatic heterocycles. The van der Waals surface area contributed by atoms with Crippen LogP contribution in [0.15, 0.2) is 24.3 Å². The Balaban J connectivity index is 3.06. The van der Waals surface area contributed by atoms with E-state index in [-0.39, 0.29) is 0 Å². The zero-order valence-corrected chi connectivity index (χ0v) is 7.28. The number of hydrogen-bond donors (Lipinski definition) is 0. The van der Waals surface area contributed by atoms with Gasteiger partial charge in [0.2, 0.25) is 0 Å². The number of benzene rings is 1. The predicted molar refractivity (Wildman–Crippen MR) is 50.5 cm³/mol. The van der Waals surface area contributed by atoms with E-state index >= 15 is 0 Å². The molecule has 0 radical (unpaired) electrons. The summed E-state index contributed by atoms with van der Waals surface area (Å²) in [7, 11) is 0. The summed E-state index contributed by atoms with van der Waals surface area (Å²) in [5.41, 5.74) is 2.55. The molecule has 0 fully saturated rings. The first-order valence-corrected chi connectivity index (χ1v) is 3.85. The number of rotatable bonds is 1. The highest BCUT2D eigenvalue weighted by atomic mass is 14.2. The van der Waals surface area contributed by atoms with E-state index in [1.165, 1.54) is 6.08 Å². The maximum absolute atomic E-state index is 8.67. The van der Waals surface area contributed by atoms with Crippen molar-refractivity contribution >= 4 is 6.08 Å². The number of hydrogen-bond acceptors (Lipinski definition) is 2. The minimum atomic E-state index is 0.675. The lowest BCUT2D eigenvalue weighted by Gasteiger charge is -1.97. The van der Waals surface area contributed by atoms with E-state index < -0.39 is 0 Å². The Labute approximate surface area is 77.4 Å². The van der Waals surface area contributed by atoms with Crippen LogP contribution in [-0.4, -0.2) is 0 Å². The minimum absolute atomic E-state index is 0.675. The highest BCUT2D eigenvalue weighted by Gasteiger charge is 1.95. The van der Waals surface area contributed by atoms with Gasteiger partial charge in [-0.3, -0.25) is 0 Å². The molecule has 0 unspecified atom stereocenters. The molecule has 1 aromatic rings. The van der Waals surface area contributed by atoms with Crippen LogP contribution >= 0.6 is 0 Å². The Morgan fingerprint density at radius 2 is 2.08 bits per heavy atom. The molecule has 0 saturated carbocycles. The average molecular weight is 168 g/mol. The molecule has 0 spiro atoms. The van der Waals surface area contributed by atoms with Gasteiger partial charge in [0.05, 0.1) is 17.7 Å². The van der Waals surface area contributed by atoms with Gasteiger partial charge in [0.25, 0.3) is 0 Å². The molecular weight excluding hydrogens is 160 g/mol. The van der Waals surface area contributed by atoms with Crippen molar-refractivity contribution in [2.45, 2.75) is 6.92 Å². The summed E-state index contributed by atoms with van der Waals surface area (Å²) in [5.74, 6) is 0. The zero-order chi connectivity index (χ0) is 9.68. The Morgan fingerprint density at radius 3 is 2.62 bits per heavy atom. The average Bonchev–Trinajstić information content (AvgIpc) is 2.15. The molecule has 2 heteroatoms. The molecule has 1 rings (SSSR count). The molecule has 13 heavy (non-hydrogen) atoms. The van der Waals surface area contributed by atoms with Crippen LogP contribution in [0.1, 0.15) is 16.7 Å². The maximum atomic E-state index is 8.67. The van der Waals surface area contributed by atoms with Gasteiger partial charge >= 0.3 is 0 Å². The van der Waals surface area contributed by atoms with E-state index in [4.69, 9.17) is 10.5 Å². The monoisotopic (exact) mass is 168 g/mol. The zero-order valence-electron chi connectivity index (χ0n) is 7.28. The van der Waals surface area contributed by atoms with Crippen LogP contribution < -0.4 is 0 Å². The molecule has 1 aromatic carbocycles. The van der Waals surface area contributed by atoms with Crippen LogP contribution in [-0.2, 0) is 0 Å². The van der Waals surface area contributed by atoms with Gasteiger partial charge < -0.3 is 0 Å². The smallest absolute Gasteiger partial charge is 0.0994 e. The molecular formula is C11H8N2. The van der Waals surface area contributed by atoms with Crippen LogP contribution in [0.5, 0.6) is 0 Å². The molecule has 0 atom stereocenters. The van der Waals surface area contributed by atoms with E-state index in [0.717, 1.165) is 11.1 Å². The normalized spacial score (nSPS) is 9.46. The van der Waals surface area contributed by atoms with E-state index in [1.807, 2.05) is 25.1 Å². The van der Waals surface area contributed by atoms with Crippen LogP contribution in [0, 0.1) is 29.6 Å². The van der Waals surface area contributed by atoms with Gasteiger partial charge in [-0.15, -0.1) is 0 Å². The first kappa shape index (κ1) is 9.03. The lowest BCUT2D eigenvalue weighted by molar-refractivity contribution is 1.39. The van der Waals surface area contributed by atoms with Gasteiger partial charge in [0.15, 0.2) is 0 Å². The third-order valence-electron chi connectivity index (χ3n) is 1.72. The van der Waals surface area contributed by atoms with Crippen LogP contribution in [0.25, 0.3) is 6.08 Å². The highest BCUT2D eigenvalue weighted by Crippen LogP contribution is 2.10. The SMILES string of the molecule is Cc1cc(C=CC#N)ccc1C#N. The third-order valence-corrected chi connectivity index (χ3v) is 1.72. The maximum Gasteiger partial charge on any atom is 0.0994 e. The second-order valence-electron chi connectivity index (χ2n) is 2.65. The Kier molecular flexibility index (Phi) is 2.84. The molecule has 2 nitrogen and oxygen atoms in total. The number of nitrogens with zero attached hydrogens (tertiary/aromatic N) is 2. The second-order valence-corrected chi connectivity index (χ2v) is 2.65. The summed E-state index contributed by atoms with van der Waals surface area (Å²) in [6.07, 6.45) is 3.13. The number of aryl methyl sites for hydroxylation is 1. The van der Waals surface area contributed by atoms with Crippen molar-refractivity contribution < 1.29 is 0 Å². The minimum Gasteiger partial charge on any atom is -0.193 e. The van der Waals surface area contributed by atoms with E-state index in [9.17, 15) is 0 Å². The first-order valence-electron chi connectivity index (χ1n) is 3.85. The summed E-state index contributed by atoms with van der Waals surface area (Å²) in [4.78, 5) is 0. The lowest BCUT2D eigenvalue weighted by Crippen LogP contribution is -1.82. The highest BCUT2D eigenvalue weighted by molar-refractivity contribution is 5.55. The fraction of sp³-hybridized carbons (Fsp3) is 0.0909. The Morgan fingerprint density at radius 1 is 1.31 bits per heavy atom. The Hall–Kier alpha value is -2.06. The molecule has 0 saturated heterocycles. The van der Waals surface area contributed by atoms with Crippen molar-refractivity contribution in [1.29, 1.82) is 10.5 Å². The quantitative estimate of drug-likeness (QED) is 0.604. The lowest BCUT2D eigenvalue weighted by atomic mass is 10.1. The summed E-state index contributed by atoms with van der Waals surface area (Å²) in [6.45, 7) is 1.88. The fourth-order valence-corrected chi connectivity index (χ4v) is 1.05. The van der Waals surface area contributed by atoms with Crippen molar-refractivity contribution in [2.75, 3.05) is 0 Å². The summed E-state index contributed by atoms with van der Waals surface area (Å²) < 4.78 is 0. The Bertz CT molecular complexity index is 417. The standard InChI is InChI=1S/C11H8N2/c1-9-7-10(3-2-6-12)4-5-11(9)8-13/h2-5,7H,1H3. The summed E-state index contributed by atoms with van der Waals surface area (Å²) in [6, 6.07) is 9.46. The van der Waals surface area contributed by atoms with Crippen molar-refractivity contribution in [3.05, 3.63) is 41.0 Å². The van der Waals surface area contributed by atoms with Gasteiger partial charge in [-0.25, -0.2) is 0 Å². The van der Waals surface area contributed by atoms with Crippen molar-refractivity contribution in [3.63, 3.8) is 0 Å². The van der Waals surface area contributed by atoms with E-state index in [0.29, 0.717) is 5.56 Å². The van der Waals surface area contributed by atoms with Gasteiger partial charge in [-0.05, 0) is 30.2 Å². The van der Waals surface area contributed by atoms with Gasteiger partial charge in [-0.1, -0.05) is 12.1 Å². The van der Waals surface area contributed by atoms with Crippen LogP contribution in [0.4, 0.5) is 0 Å². The third kappa shape index (κ3) is 2.18. The van der Waals surface area contributed by atoms with Gasteiger partial charge in [0, 0.05) is 6.08 Å². The van der Waals surface area contributed by atoms with Gasteiger partial charge in [-0.2, -0.15) is 10.5 Å². The summed E-state index contributed by atoms with van der Waals surface area (Å²) >= 11 is 0. The molecule has 0 aromatic heterocycles. The molecule has 0 N–H and O–H groups in total. The van der Waals surface area contributed by atoms with E-state index in [1.54, 1.807) is 12.1 Å². The molecule has 0 aliphatic carbocycles. The molecule has 0 amide bonds. The fourth-order valence-electron chi connectivity index (χ4n) is 1.05. The predicted octanol–water partition coefficient (Wildman–Crippen LogP) is 2.40. The number of nitriles is 2. The summed E-state index contributed by atoms with van der Waals surface area (Å²) in [5, 5.41) is 17.0. The first-order chi connectivity index (χ1) is 6.27. The topological polar surface area (TPSA) is 47.6 Å². The van der Waals surface area contributed by atoms with Crippen molar-refractivity contribution in [1.82, 2.24) is 0 Å². The van der Waals surface area contributed by atoms with Crippen LogP contribution in [0.2, 0.25) is 0 Å². The van der Waals surface area contributed by atoms with Crippen LogP contribution in [0.3, 0.4) is 0 Å². The molecule has 62 valence electrons. The second kappa shape index (κ2) is 4.09. The van der Waals surface area contributed by atoms with Crippen molar-refractivity contribution in [3.8, 4) is 12.1 Å². The molecule has 0 bridgehead atoms. The molecule has 0 heterocycles. The van der Waals surface area contributed by atoms with E-state index in [2.05, 4.69) is 6.07 Å². The largest absolute Gasteiger partial charge is 0.193 e.